The summed E-state index contributed by atoms with van der Waals surface area (Å²) in [4.78, 5) is 190. The zero-order valence-corrected chi connectivity index (χ0v) is 61.8. The van der Waals surface area contributed by atoms with Gasteiger partial charge in [0, 0.05) is 69.1 Å². The van der Waals surface area contributed by atoms with Crippen LogP contribution in [0.2, 0.25) is 0 Å². The van der Waals surface area contributed by atoms with Gasteiger partial charge < -0.3 is 149 Å². The third kappa shape index (κ3) is 30.0. The highest BCUT2D eigenvalue weighted by atomic mass is 31.3. The molecule has 4 aromatic rings. The first kappa shape index (κ1) is 95.3. The zero-order valence-electron chi connectivity index (χ0n) is 56.4. The van der Waals surface area contributed by atoms with E-state index in [4.69, 9.17) is 20.9 Å². The molecule has 50 nitrogen and oxygen atoms in total. The number of imidazole rings is 2. The molecule has 15 N–H and O–H groups in total. The Balaban J connectivity index is 0.000000545. The van der Waals surface area contributed by atoms with Gasteiger partial charge in [-0.15, -0.1) is 0 Å². The Bertz CT molecular complexity index is 4030. The number of nitrogens with zero attached hydrogens (tertiary/aromatic N) is 8. The number of ketones is 2. The van der Waals surface area contributed by atoms with Crippen molar-refractivity contribution in [3.8, 4) is 0 Å². The number of ether oxygens (including phenoxy) is 2. The number of rotatable bonds is 41. The maximum atomic E-state index is 12.5. The minimum atomic E-state index is -5.92. The summed E-state index contributed by atoms with van der Waals surface area (Å²) in [5.41, 5.74) is 8.08. The quantitative estimate of drug-likeness (QED) is 0.0145. The van der Waals surface area contributed by atoms with Gasteiger partial charge in [0.25, 0.3) is 31.3 Å². The van der Waals surface area contributed by atoms with Crippen molar-refractivity contribution in [2.45, 2.75) is 148 Å². The number of anilines is 2. The Morgan fingerprint density at radius 3 is 1.29 bits per heavy atom. The Hall–Kier alpha value is -5.92. The summed E-state index contributed by atoms with van der Waals surface area (Å²) in [6, 6.07) is 0. The molecule has 0 saturated carbocycles. The maximum Gasteiger partial charge on any atom is 0.274 e. The van der Waals surface area contributed by atoms with Crippen molar-refractivity contribution in [3.05, 3.63) is 37.5 Å². The number of phosphoric ester groups is 6. The predicted octanol–water partition coefficient (Wildman–Crippen LogP) is -8.17. The summed E-state index contributed by atoms with van der Waals surface area (Å²) >= 11 is 0. The van der Waals surface area contributed by atoms with E-state index in [9.17, 15) is 121 Å². The third-order valence-electron chi connectivity index (χ3n) is 14.4. The normalized spacial score (nSPS) is 22.3. The van der Waals surface area contributed by atoms with Crippen LogP contribution in [-0.4, -0.2) is 213 Å². The highest BCUT2D eigenvalue weighted by Gasteiger charge is 2.49. The average Bonchev–Trinajstić information content (AvgIpc) is 1.62. The molecule has 107 heavy (non-hydrogen) atoms. The first-order valence-corrected chi connectivity index (χ1v) is 39.2. The van der Waals surface area contributed by atoms with Crippen molar-refractivity contribution < 1.29 is 172 Å². The van der Waals surface area contributed by atoms with Crippen LogP contribution in [0.4, 0.5) is 11.6 Å². The van der Waals surface area contributed by atoms with Crippen LogP contribution in [0.3, 0.4) is 0 Å². The lowest BCUT2D eigenvalue weighted by Crippen LogP contribution is -2.46. The lowest BCUT2D eigenvalue weighted by molar-refractivity contribution is -0.348. The first-order valence-electron chi connectivity index (χ1n) is 30.5. The van der Waals surface area contributed by atoms with E-state index in [-0.39, 0.29) is 117 Å². The zero-order chi connectivity index (χ0) is 79.0. The van der Waals surface area contributed by atoms with Crippen LogP contribution >= 0.6 is 46.9 Å². The summed E-state index contributed by atoms with van der Waals surface area (Å²) in [6.45, 7) is 2.83. The minimum Gasteiger partial charge on any atom is -0.790 e. The van der Waals surface area contributed by atoms with Gasteiger partial charge in [-0.3, -0.25) is 56.2 Å². The predicted molar refractivity (Wildman–Crippen MR) is 342 cm³/mol. The molecule has 4 aromatic heterocycles. The Kier molecular flexibility index (Phi) is 35.9. The molecule has 0 radical (unpaired) electrons. The molecule has 2 fully saturated rings. The van der Waals surface area contributed by atoms with Crippen molar-refractivity contribution >= 4 is 116 Å². The van der Waals surface area contributed by atoms with E-state index in [1.807, 2.05) is 0 Å². The molecule has 0 aromatic carbocycles. The second kappa shape index (κ2) is 40.3. The largest absolute Gasteiger partial charge is 0.790 e. The van der Waals surface area contributed by atoms with Gasteiger partial charge in [-0.2, -0.15) is 0 Å². The van der Waals surface area contributed by atoms with Gasteiger partial charge in [0.15, 0.2) is 41.2 Å². The molecule has 15 unspecified atom stereocenters. The Morgan fingerprint density at radius 2 is 0.935 bits per heavy atom. The fourth-order valence-corrected chi connectivity index (χ4v) is 14.7. The SMILES string of the molecule is C.C/C=C/C(=O)CCNC(=O)CCNC(=O)C(O)C(C)(C)COP(=O)([O-])OP(=O)([O-])OCC1OC(n2cnc3c(N)ncnc32)C(O)C1OP(=O)([O-])[O-].CC(O)CC(=O)CCNC(=O)CCNC(=O)C(O)C(C)(C)COP(=O)([O-])OP(=O)([O-])OCC1OC(n2cnc3c(N)ncnc32)C(O)C1OP(=O)([O-])[O-].O. The molecule has 4 amide bonds. The van der Waals surface area contributed by atoms with E-state index in [1.54, 1.807) is 13.0 Å². The van der Waals surface area contributed by atoms with Crippen LogP contribution in [0.15, 0.2) is 37.5 Å². The van der Waals surface area contributed by atoms with Crippen LogP contribution in [0.25, 0.3) is 22.3 Å². The standard InChI is InChI=1S/C25H42N7O18P3.C25H40N7O17P3.CH4.H2O/c1-13(33)8-14(34)4-6-27-16(35)5-7-28-23(38)20(37)25(2,3)10-47-53(44,45)50-52(42,43)46-9-15-19(49-51(39,40)41)18(36)24(48-15)32-12-31-17-21(26)29-11-30-22(17)32;1-4-5-14(33)6-8-27-16(34)7-9-28-23(37)20(36)25(2,3)11-46-52(43,44)49-51(41,42)45-10-15-19(48-50(38,39)40)18(35)24(47-15)32-13-31-17-21(26)29-12-30-22(17)32;;/h11-13,15,18-20,24,33,36-37H,4-10H2,1-3H3,(H,27,35)(H,28,38)(H,42,43)(H,44,45)(H2,26,29,30)(H2,39,40,41);4-5,12-13,15,18-20,24,35-36H,6-11H2,1-3H3,(H,27,34)(H,28,37)(H,41,42)(H,43,44)(H2,26,29,30)(H2,38,39,40);1H4;1H2/p-8/b;5-4+;;. The fourth-order valence-electron chi connectivity index (χ4n) is 9.20. The number of fused-ring (bicyclic) bond motifs is 2. The van der Waals surface area contributed by atoms with Crippen LogP contribution in [0, 0.1) is 10.8 Å². The van der Waals surface area contributed by atoms with E-state index in [1.165, 1.54) is 40.7 Å². The highest BCUT2D eigenvalue weighted by molar-refractivity contribution is 7.60. The van der Waals surface area contributed by atoms with Crippen molar-refractivity contribution in [3.63, 3.8) is 0 Å². The molecule has 0 aliphatic carbocycles. The number of aromatic nitrogens is 8. The van der Waals surface area contributed by atoms with Crippen LogP contribution < -0.4 is 71.9 Å². The van der Waals surface area contributed by atoms with E-state index in [0.29, 0.717) is 0 Å². The van der Waals surface area contributed by atoms with E-state index in [0.717, 1.165) is 34.4 Å². The number of hydrogen-bond donors (Lipinski definition) is 11. The number of nitrogens with two attached hydrogens (primary N) is 2. The summed E-state index contributed by atoms with van der Waals surface area (Å²) in [5.74, 6) is -3.74. The molecule has 15 atom stereocenters. The molecule has 6 rings (SSSR count). The van der Waals surface area contributed by atoms with E-state index >= 15 is 0 Å². The van der Waals surface area contributed by atoms with E-state index in [2.05, 4.69) is 86.9 Å². The fraction of sp³-hybridized carbons (Fsp3) is 0.647. The van der Waals surface area contributed by atoms with Gasteiger partial charge in [0.05, 0.1) is 60.8 Å². The van der Waals surface area contributed by atoms with Crippen molar-refractivity contribution in [2.24, 2.45) is 10.8 Å². The summed E-state index contributed by atoms with van der Waals surface area (Å²) in [6.07, 6.45) is -13.2. The number of aliphatic hydroxyl groups is 5. The number of aliphatic hydroxyl groups excluding tert-OH is 5. The Labute approximate surface area is 606 Å². The summed E-state index contributed by atoms with van der Waals surface area (Å²) < 4.78 is 120. The second-order valence-corrected chi connectivity index (χ2v) is 32.2. The monoisotopic (exact) mass is 1650 g/mol. The van der Waals surface area contributed by atoms with Crippen molar-refractivity contribution in [2.75, 3.05) is 64.1 Å². The number of nitrogens with one attached hydrogen (secondary N) is 4. The van der Waals surface area contributed by atoms with Gasteiger partial charge in [-0.1, -0.05) is 41.2 Å². The highest BCUT2D eigenvalue weighted by Crippen LogP contribution is 2.58. The number of nitrogen functional groups attached to an aromatic ring is 2. The molecule has 6 heterocycles. The van der Waals surface area contributed by atoms with Gasteiger partial charge in [-0.25, -0.2) is 38.5 Å². The number of Topliss-reactive ketones (excluding diaryl/α,β-unsaturated/α-hetero) is 1. The van der Waals surface area contributed by atoms with E-state index < -0.39 is 175 Å². The van der Waals surface area contributed by atoms with Crippen molar-refractivity contribution in [1.82, 2.24) is 60.3 Å². The van der Waals surface area contributed by atoms with Crippen LogP contribution in [0.1, 0.15) is 93.5 Å². The number of allylic oxidation sites excluding steroid dienone is 2. The molecule has 56 heteroatoms. The summed E-state index contributed by atoms with van der Waals surface area (Å²) in [7, 11) is -35.2. The smallest absolute Gasteiger partial charge is 0.274 e. The number of amides is 4. The van der Waals surface area contributed by atoms with Gasteiger partial charge >= 0.3 is 0 Å². The summed E-state index contributed by atoms with van der Waals surface area (Å²) in [5, 5.41) is 61.1. The second-order valence-electron chi connectivity index (χ2n) is 24.0. The lowest BCUT2D eigenvalue weighted by Gasteiger charge is -2.36. The molecular formula is C51H80N14O36P6-8. The van der Waals surface area contributed by atoms with Crippen LogP contribution in [0.5, 0.6) is 0 Å². The number of hydrogen-bond acceptors (Lipinski definition) is 43. The average molecular weight is 1650 g/mol. The van der Waals surface area contributed by atoms with Crippen LogP contribution in [-0.2, 0) is 101 Å². The molecule has 0 spiro atoms. The first-order chi connectivity index (χ1) is 48.5. The van der Waals surface area contributed by atoms with Gasteiger partial charge in [-0.05, 0) is 19.9 Å². The minimum absolute atomic E-state index is 0. The lowest BCUT2D eigenvalue weighted by atomic mass is 9.87. The molecular weight excluding hydrogens is 1570 g/mol. The number of carbonyl (C=O) groups excluding carboxylic acids is 6. The van der Waals surface area contributed by atoms with Gasteiger partial charge in [0.1, 0.15) is 78.3 Å². The van der Waals surface area contributed by atoms with Crippen molar-refractivity contribution in [1.29, 1.82) is 0 Å². The number of phosphoric acid groups is 6. The maximum absolute atomic E-state index is 12.5. The Morgan fingerprint density at radius 1 is 0.579 bits per heavy atom. The van der Waals surface area contributed by atoms with Gasteiger partial charge in [0.2, 0.25) is 23.6 Å². The number of carbonyl (C=O) groups is 6. The molecule has 608 valence electrons. The topological polar surface area (TPSA) is 802 Å². The molecule has 2 aliphatic rings. The molecule has 2 aliphatic heterocycles. The third-order valence-corrected chi connectivity index (χ3v) is 20.4. The molecule has 0 bridgehead atoms. The molecule has 2 saturated heterocycles.